The Morgan fingerprint density at radius 1 is 1.28 bits per heavy atom. The maximum Gasteiger partial charge on any atom is 0.356 e. The van der Waals surface area contributed by atoms with Crippen LogP contribution < -0.4 is 11.1 Å². The maximum absolute atomic E-state index is 12.6. The van der Waals surface area contributed by atoms with Gasteiger partial charge in [-0.1, -0.05) is 12.2 Å². The molecule has 2 aliphatic carbocycles. The SMILES string of the molecule is CCOP(=O)(COC1C=CC(n2cnc3c(NC4CC4)nc(N)cc32)C1)OCC. The summed E-state index contributed by atoms with van der Waals surface area (Å²) in [5.41, 5.74) is 7.79. The molecule has 0 amide bonds. The molecule has 2 aliphatic rings. The number of hydrogen-bond donors (Lipinski definition) is 2. The summed E-state index contributed by atoms with van der Waals surface area (Å²) < 4.78 is 31.1. The van der Waals surface area contributed by atoms with Gasteiger partial charge in [0.2, 0.25) is 0 Å². The minimum Gasteiger partial charge on any atom is -0.384 e. The Labute approximate surface area is 170 Å². The summed E-state index contributed by atoms with van der Waals surface area (Å²) in [6.07, 6.45) is 8.63. The lowest BCUT2D eigenvalue weighted by molar-refractivity contribution is 0.0898. The molecule has 0 aromatic carbocycles. The van der Waals surface area contributed by atoms with Crippen molar-refractivity contribution in [3.63, 3.8) is 0 Å². The van der Waals surface area contributed by atoms with E-state index >= 15 is 0 Å². The molecule has 3 N–H and O–H groups in total. The molecule has 2 unspecified atom stereocenters. The molecular weight excluding hydrogens is 393 g/mol. The number of ether oxygens (including phenoxy) is 1. The molecule has 0 radical (unpaired) electrons. The van der Waals surface area contributed by atoms with Crippen LogP contribution in [0.3, 0.4) is 0 Å². The third-order valence-corrected chi connectivity index (χ3v) is 6.75. The standard InChI is InChI=1S/C19H28N5O4P/c1-3-27-29(25,28-4-2)12-26-15-8-7-14(9-15)24-11-21-18-16(24)10-17(20)23-19(18)22-13-5-6-13/h7-8,10-11,13-15H,3-6,9,12H2,1-2H3,(H3,20,22,23). The van der Waals surface area contributed by atoms with Gasteiger partial charge in [0, 0.05) is 18.5 Å². The average Bonchev–Trinajstić information content (AvgIpc) is 3.20. The number of pyridine rings is 1. The van der Waals surface area contributed by atoms with Crippen LogP contribution in [0.2, 0.25) is 0 Å². The zero-order valence-electron chi connectivity index (χ0n) is 16.8. The number of rotatable bonds is 10. The second-order valence-corrected chi connectivity index (χ2v) is 9.30. The van der Waals surface area contributed by atoms with Crippen LogP contribution in [0.15, 0.2) is 24.5 Å². The summed E-state index contributed by atoms with van der Waals surface area (Å²) in [5.74, 6) is 1.21. The van der Waals surface area contributed by atoms with E-state index in [4.69, 9.17) is 19.5 Å². The second-order valence-electron chi connectivity index (χ2n) is 7.30. The molecule has 0 aliphatic heterocycles. The van der Waals surface area contributed by atoms with Crippen molar-refractivity contribution in [1.29, 1.82) is 0 Å². The molecule has 1 saturated carbocycles. The highest BCUT2D eigenvalue weighted by Gasteiger charge is 2.29. The van der Waals surface area contributed by atoms with Gasteiger partial charge in [-0.15, -0.1) is 0 Å². The lowest BCUT2D eigenvalue weighted by Gasteiger charge is -2.20. The van der Waals surface area contributed by atoms with Gasteiger partial charge in [0.25, 0.3) is 0 Å². The number of anilines is 2. The molecule has 0 bridgehead atoms. The van der Waals surface area contributed by atoms with Crippen molar-refractivity contribution in [1.82, 2.24) is 14.5 Å². The largest absolute Gasteiger partial charge is 0.384 e. The van der Waals surface area contributed by atoms with E-state index in [1.165, 1.54) is 0 Å². The lowest BCUT2D eigenvalue weighted by atomic mass is 10.2. The topological polar surface area (TPSA) is 114 Å². The molecule has 2 aromatic rings. The monoisotopic (exact) mass is 421 g/mol. The fourth-order valence-electron chi connectivity index (χ4n) is 3.51. The van der Waals surface area contributed by atoms with E-state index in [1.807, 2.05) is 18.5 Å². The number of fused-ring (bicyclic) bond motifs is 1. The molecule has 9 nitrogen and oxygen atoms in total. The van der Waals surface area contributed by atoms with Gasteiger partial charge in [0.15, 0.2) is 5.82 Å². The van der Waals surface area contributed by atoms with Crippen molar-refractivity contribution < 1.29 is 18.3 Å². The zero-order chi connectivity index (χ0) is 20.4. The van der Waals surface area contributed by atoms with Crippen LogP contribution in [0.1, 0.15) is 39.2 Å². The molecule has 1 fully saturated rings. The summed E-state index contributed by atoms with van der Waals surface area (Å²) in [7, 11) is -3.22. The Bertz CT molecular complexity index is 932. The summed E-state index contributed by atoms with van der Waals surface area (Å²) >= 11 is 0. The van der Waals surface area contributed by atoms with Crippen LogP contribution >= 0.6 is 7.60 Å². The molecule has 0 spiro atoms. The van der Waals surface area contributed by atoms with Gasteiger partial charge in [0.1, 0.15) is 17.7 Å². The second kappa shape index (κ2) is 8.44. The van der Waals surface area contributed by atoms with Crippen LogP contribution in [-0.2, 0) is 18.3 Å². The predicted molar refractivity (Wildman–Crippen MR) is 112 cm³/mol. The Kier molecular flexibility index (Phi) is 5.92. The summed E-state index contributed by atoms with van der Waals surface area (Å²) in [6, 6.07) is 2.38. The highest BCUT2D eigenvalue weighted by Crippen LogP contribution is 2.48. The van der Waals surface area contributed by atoms with Crippen LogP contribution in [0, 0.1) is 0 Å². The minimum atomic E-state index is -3.22. The summed E-state index contributed by atoms with van der Waals surface area (Å²) in [4.78, 5) is 8.98. The molecule has 2 heterocycles. The number of aromatic nitrogens is 3. The molecule has 2 aromatic heterocycles. The van der Waals surface area contributed by atoms with Gasteiger partial charge in [0.05, 0.1) is 37.2 Å². The first kappa shape index (κ1) is 20.3. The first-order valence-corrected chi connectivity index (χ1v) is 11.8. The van der Waals surface area contributed by atoms with Gasteiger partial charge >= 0.3 is 7.60 Å². The zero-order valence-corrected chi connectivity index (χ0v) is 17.7. The minimum absolute atomic E-state index is 0.0621. The summed E-state index contributed by atoms with van der Waals surface area (Å²) in [5, 5.41) is 3.40. The number of imidazole rings is 1. The van der Waals surface area contributed by atoms with Gasteiger partial charge in [-0.05, 0) is 26.7 Å². The van der Waals surface area contributed by atoms with Crippen molar-refractivity contribution in [3.05, 3.63) is 24.5 Å². The molecule has 29 heavy (non-hydrogen) atoms. The molecule has 10 heteroatoms. The Hall–Kier alpha value is -1.93. The Morgan fingerprint density at radius 2 is 2.03 bits per heavy atom. The number of nitrogens with zero attached hydrogens (tertiary/aromatic N) is 3. The van der Waals surface area contributed by atoms with Gasteiger partial charge in [-0.25, -0.2) is 9.97 Å². The Balaban J connectivity index is 1.45. The van der Waals surface area contributed by atoms with Crippen molar-refractivity contribution in [2.24, 2.45) is 0 Å². The fraction of sp³-hybridized carbons (Fsp3) is 0.579. The predicted octanol–water partition coefficient (Wildman–Crippen LogP) is 3.70. The number of nitrogen functional groups attached to an aromatic ring is 1. The lowest BCUT2D eigenvalue weighted by Crippen LogP contribution is -2.14. The van der Waals surface area contributed by atoms with Crippen molar-refractivity contribution in [2.75, 3.05) is 30.6 Å². The van der Waals surface area contributed by atoms with Crippen molar-refractivity contribution in [2.45, 2.75) is 51.3 Å². The van der Waals surface area contributed by atoms with E-state index in [0.29, 0.717) is 31.5 Å². The van der Waals surface area contributed by atoms with E-state index in [0.717, 1.165) is 29.7 Å². The van der Waals surface area contributed by atoms with E-state index in [2.05, 4.69) is 25.9 Å². The number of nitrogens with two attached hydrogens (primary N) is 1. The summed E-state index contributed by atoms with van der Waals surface area (Å²) in [6.45, 7) is 4.21. The quantitative estimate of drug-likeness (QED) is 0.441. The van der Waals surface area contributed by atoms with E-state index in [1.54, 1.807) is 13.8 Å². The number of hydrogen-bond acceptors (Lipinski definition) is 8. The average molecular weight is 421 g/mol. The van der Waals surface area contributed by atoms with Crippen LogP contribution in [0.25, 0.3) is 11.0 Å². The van der Waals surface area contributed by atoms with Gasteiger partial charge < -0.3 is 29.4 Å². The molecular formula is C19H28N5O4P. The van der Waals surface area contributed by atoms with Crippen molar-refractivity contribution in [3.8, 4) is 0 Å². The van der Waals surface area contributed by atoms with Crippen molar-refractivity contribution >= 4 is 30.3 Å². The van der Waals surface area contributed by atoms with Crippen LogP contribution in [0.4, 0.5) is 11.6 Å². The van der Waals surface area contributed by atoms with E-state index < -0.39 is 7.60 Å². The normalized spacial score (nSPS) is 21.9. The first-order chi connectivity index (χ1) is 14.0. The highest BCUT2D eigenvalue weighted by atomic mass is 31.2. The number of allylic oxidation sites excluding steroid dienone is 1. The van der Waals surface area contributed by atoms with E-state index in [9.17, 15) is 4.57 Å². The first-order valence-electron chi connectivity index (χ1n) is 10.1. The maximum atomic E-state index is 12.6. The molecule has 4 rings (SSSR count). The smallest absolute Gasteiger partial charge is 0.356 e. The van der Waals surface area contributed by atoms with Gasteiger partial charge in [-0.2, -0.15) is 0 Å². The highest BCUT2D eigenvalue weighted by molar-refractivity contribution is 7.53. The van der Waals surface area contributed by atoms with Crippen LogP contribution in [0.5, 0.6) is 0 Å². The molecule has 0 saturated heterocycles. The van der Waals surface area contributed by atoms with Gasteiger partial charge in [-0.3, -0.25) is 4.57 Å². The molecule has 2 atom stereocenters. The third-order valence-electron chi connectivity index (χ3n) is 4.98. The Morgan fingerprint density at radius 3 is 2.72 bits per heavy atom. The van der Waals surface area contributed by atoms with Crippen LogP contribution in [-0.4, -0.2) is 46.2 Å². The molecule has 158 valence electrons. The fourth-order valence-corrected chi connectivity index (χ4v) is 4.89. The third kappa shape index (κ3) is 4.64. The number of nitrogens with one attached hydrogen (secondary N) is 1. The van der Waals surface area contributed by atoms with E-state index in [-0.39, 0.29) is 18.5 Å².